The Kier molecular flexibility index (Phi) is 4.24. The van der Waals surface area contributed by atoms with Crippen LogP contribution in [0.2, 0.25) is 0 Å². The highest BCUT2D eigenvalue weighted by Crippen LogP contribution is 2.33. The number of anilines is 1. The van der Waals surface area contributed by atoms with Crippen molar-refractivity contribution in [2.45, 2.75) is 32.6 Å². The van der Waals surface area contributed by atoms with Crippen molar-refractivity contribution >= 4 is 21.5 Å². The van der Waals surface area contributed by atoms with E-state index in [1.807, 2.05) is 6.92 Å². The predicted molar refractivity (Wildman–Crippen MR) is 75.8 cm³/mol. The van der Waals surface area contributed by atoms with Crippen LogP contribution in [0.3, 0.4) is 0 Å². The Morgan fingerprint density at radius 3 is 2.42 bits per heavy atom. The summed E-state index contributed by atoms with van der Waals surface area (Å²) in [4.78, 5) is 11.9. The van der Waals surface area contributed by atoms with Crippen LogP contribution >= 0.6 is 0 Å². The minimum atomic E-state index is -3.26. The smallest absolute Gasteiger partial charge is 0.232 e. The molecule has 0 saturated heterocycles. The molecule has 0 unspecified atom stereocenters. The number of hydrogen-bond acceptors (Lipinski definition) is 3. The first kappa shape index (κ1) is 14.1. The second-order valence-corrected chi connectivity index (χ2v) is 6.91. The number of carbonyl (C=O) groups excluding carboxylic acids is 1. The first-order valence-electron chi connectivity index (χ1n) is 6.64. The topological polar surface area (TPSA) is 63.2 Å². The van der Waals surface area contributed by atoms with Crippen LogP contribution in [0.5, 0.6) is 0 Å². The van der Waals surface area contributed by atoms with Crippen LogP contribution in [-0.4, -0.2) is 20.0 Å². The molecule has 5 heteroatoms. The maximum absolute atomic E-state index is 11.9. The van der Waals surface area contributed by atoms with E-state index in [1.165, 1.54) is 0 Å². The number of ketones is 1. The summed E-state index contributed by atoms with van der Waals surface area (Å²) in [7, 11) is -3.26. The van der Waals surface area contributed by atoms with Crippen molar-refractivity contribution in [3.8, 4) is 0 Å². The maximum Gasteiger partial charge on any atom is 0.232 e. The van der Waals surface area contributed by atoms with Gasteiger partial charge in [0.2, 0.25) is 10.0 Å². The third kappa shape index (κ3) is 4.35. The Balaban J connectivity index is 1.99. The summed E-state index contributed by atoms with van der Waals surface area (Å²) in [5, 5.41) is 0. The number of rotatable bonds is 7. The molecule has 1 fully saturated rings. The van der Waals surface area contributed by atoms with E-state index in [4.69, 9.17) is 0 Å². The van der Waals surface area contributed by atoms with Crippen LogP contribution in [0.25, 0.3) is 0 Å². The molecule has 0 radical (unpaired) electrons. The summed E-state index contributed by atoms with van der Waals surface area (Å²) in [6.45, 7) is 1.82. The molecule has 0 aliphatic heterocycles. The number of hydrogen-bond donors (Lipinski definition) is 1. The van der Waals surface area contributed by atoms with Crippen LogP contribution in [-0.2, 0) is 10.0 Å². The zero-order valence-electron chi connectivity index (χ0n) is 11.1. The zero-order chi connectivity index (χ0) is 13.9. The molecule has 1 N–H and O–H groups in total. The summed E-state index contributed by atoms with van der Waals surface area (Å²) < 4.78 is 25.7. The number of sulfonamides is 1. The van der Waals surface area contributed by atoms with Gasteiger partial charge in [0.1, 0.15) is 0 Å². The Bertz CT molecular complexity index is 545. The van der Waals surface area contributed by atoms with E-state index >= 15 is 0 Å². The largest absolute Gasteiger partial charge is 0.294 e. The van der Waals surface area contributed by atoms with Crippen molar-refractivity contribution < 1.29 is 13.2 Å². The van der Waals surface area contributed by atoms with Gasteiger partial charge in [-0.1, -0.05) is 6.92 Å². The van der Waals surface area contributed by atoms with Gasteiger partial charge in [0.25, 0.3) is 0 Å². The monoisotopic (exact) mass is 281 g/mol. The van der Waals surface area contributed by atoms with Crippen LogP contribution in [0.1, 0.15) is 43.0 Å². The molecule has 1 saturated carbocycles. The Labute approximate surface area is 114 Å². The van der Waals surface area contributed by atoms with E-state index in [0.717, 1.165) is 12.8 Å². The lowest BCUT2D eigenvalue weighted by atomic mass is 10.1. The van der Waals surface area contributed by atoms with E-state index in [1.54, 1.807) is 24.3 Å². The van der Waals surface area contributed by atoms with E-state index in [0.29, 0.717) is 30.0 Å². The minimum Gasteiger partial charge on any atom is -0.294 e. The van der Waals surface area contributed by atoms with Crippen LogP contribution < -0.4 is 4.72 Å². The van der Waals surface area contributed by atoms with Crippen molar-refractivity contribution in [1.29, 1.82) is 0 Å². The standard InChI is InChI=1S/C14H19NO3S/c1-2-9-19(17,18)15-13-7-5-12(6-8-13)14(16)10-11-3-4-11/h5-8,11,15H,2-4,9-10H2,1H3. The third-order valence-corrected chi connectivity index (χ3v) is 4.62. The summed E-state index contributed by atoms with van der Waals surface area (Å²) in [5.74, 6) is 0.815. The van der Waals surface area contributed by atoms with Crippen molar-refractivity contribution in [1.82, 2.24) is 0 Å². The molecule has 0 bridgehead atoms. The normalized spacial score (nSPS) is 15.2. The Hall–Kier alpha value is -1.36. The summed E-state index contributed by atoms with van der Waals surface area (Å²) in [5.41, 5.74) is 1.17. The van der Waals surface area contributed by atoms with Gasteiger partial charge in [0.15, 0.2) is 5.78 Å². The molecule has 1 aliphatic carbocycles. The van der Waals surface area contributed by atoms with Crippen LogP contribution in [0.15, 0.2) is 24.3 Å². The van der Waals surface area contributed by atoms with Gasteiger partial charge >= 0.3 is 0 Å². The van der Waals surface area contributed by atoms with Gasteiger partial charge < -0.3 is 0 Å². The Morgan fingerprint density at radius 2 is 1.89 bits per heavy atom. The van der Waals surface area contributed by atoms with Crippen molar-refractivity contribution in [2.24, 2.45) is 5.92 Å². The predicted octanol–water partition coefficient (Wildman–Crippen LogP) is 2.82. The molecule has 19 heavy (non-hydrogen) atoms. The average molecular weight is 281 g/mol. The van der Waals surface area contributed by atoms with E-state index in [-0.39, 0.29) is 11.5 Å². The quantitative estimate of drug-likeness (QED) is 0.782. The van der Waals surface area contributed by atoms with Crippen molar-refractivity contribution in [3.63, 3.8) is 0 Å². The molecule has 1 aliphatic rings. The first-order valence-corrected chi connectivity index (χ1v) is 8.29. The van der Waals surface area contributed by atoms with Crippen LogP contribution in [0, 0.1) is 5.92 Å². The lowest BCUT2D eigenvalue weighted by Gasteiger charge is -2.07. The number of Topliss-reactive ketones (excluding diaryl/α,β-unsaturated/α-hetero) is 1. The fourth-order valence-electron chi connectivity index (χ4n) is 1.93. The van der Waals surface area contributed by atoms with E-state index in [9.17, 15) is 13.2 Å². The molecule has 0 atom stereocenters. The van der Waals surface area contributed by atoms with Gasteiger partial charge in [-0.2, -0.15) is 0 Å². The van der Waals surface area contributed by atoms with E-state index < -0.39 is 10.0 Å². The molecule has 1 aromatic carbocycles. The molecule has 0 spiro atoms. The van der Waals surface area contributed by atoms with Gasteiger partial charge in [-0.15, -0.1) is 0 Å². The third-order valence-electron chi connectivity index (χ3n) is 3.12. The van der Waals surface area contributed by atoms with Crippen LogP contribution in [0.4, 0.5) is 5.69 Å². The Morgan fingerprint density at radius 1 is 1.26 bits per heavy atom. The highest BCUT2D eigenvalue weighted by molar-refractivity contribution is 7.92. The highest BCUT2D eigenvalue weighted by atomic mass is 32.2. The molecule has 1 aromatic rings. The van der Waals surface area contributed by atoms with Gasteiger partial charge in [-0.05, 0) is 49.4 Å². The molecule has 104 valence electrons. The minimum absolute atomic E-state index is 0.107. The lowest BCUT2D eigenvalue weighted by Crippen LogP contribution is -2.16. The van der Waals surface area contributed by atoms with Gasteiger partial charge in [-0.3, -0.25) is 9.52 Å². The average Bonchev–Trinajstić information content (AvgIpc) is 3.13. The SMILES string of the molecule is CCCS(=O)(=O)Nc1ccc(C(=O)CC2CC2)cc1. The fraction of sp³-hybridized carbons (Fsp3) is 0.500. The highest BCUT2D eigenvalue weighted by Gasteiger charge is 2.24. The molecule has 2 rings (SSSR count). The molecular formula is C14H19NO3S. The fourth-order valence-corrected chi connectivity index (χ4v) is 3.06. The second-order valence-electron chi connectivity index (χ2n) is 5.07. The summed E-state index contributed by atoms with van der Waals surface area (Å²) >= 11 is 0. The molecule has 4 nitrogen and oxygen atoms in total. The van der Waals surface area contributed by atoms with Crippen molar-refractivity contribution in [2.75, 3.05) is 10.5 Å². The molecular weight excluding hydrogens is 262 g/mol. The molecule has 0 heterocycles. The lowest BCUT2D eigenvalue weighted by molar-refractivity contribution is 0.0976. The van der Waals surface area contributed by atoms with Gasteiger partial charge in [0, 0.05) is 17.7 Å². The summed E-state index contributed by atoms with van der Waals surface area (Å²) in [6, 6.07) is 6.67. The summed E-state index contributed by atoms with van der Waals surface area (Å²) in [6.07, 6.45) is 3.50. The second kappa shape index (κ2) is 5.74. The van der Waals surface area contributed by atoms with Gasteiger partial charge in [-0.25, -0.2) is 8.42 Å². The van der Waals surface area contributed by atoms with E-state index in [2.05, 4.69) is 4.72 Å². The maximum atomic E-state index is 11.9. The number of benzene rings is 1. The van der Waals surface area contributed by atoms with Gasteiger partial charge in [0.05, 0.1) is 5.75 Å². The number of nitrogens with one attached hydrogen (secondary N) is 1. The number of carbonyl (C=O) groups is 1. The van der Waals surface area contributed by atoms with Crippen molar-refractivity contribution in [3.05, 3.63) is 29.8 Å². The molecule has 0 amide bonds. The first-order chi connectivity index (χ1) is 9.00. The zero-order valence-corrected chi connectivity index (χ0v) is 11.9. The molecule has 0 aromatic heterocycles.